The summed E-state index contributed by atoms with van der Waals surface area (Å²) in [5.41, 5.74) is 7.19. The molecule has 0 spiro atoms. The van der Waals surface area contributed by atoms with Gasteiger partial charge in [-0.05, 0) is 35.9 Å². The molecule has 0 aliphatic heterocycles. The Hall–Kier alpha value is -2.20. The van der Waals surface area contributed by atoms with Gasteiger partial charge in [0.05, 0.1) is 10.6 Å². The monoisotopic (exact) mass is 276 g/mol. The van der Waals surface area contributed by atoms with Gasteiger partial charge in [-0.25, -0.2) is 0 Å². The Labute approximate surface area is 115 Å². The molecule has 2 aromatic carbocycles. The number of carbonyl (C=O) groups is 1. The number of benzene rings is 2. The normalized spacial score (nSPS) is 10.2. The maximum absolute atomic E-state index is 11.0. The summed E-state index contributed by atoms with van der Waals surface area (Å²) in [4.78, 5) is 11.0. The van der Waals surface area contributed by atoms with Crippen molar-refractivity contribution in [1.29, 1.82) is 0 Å². The van der Waals surface area contributed by atoms with Crippen molar-refractivity contribution in [3.05, 3.63) is 58.6 Å². The topological polar surface area (TPSA) is 75.4 Å². The lowest BCUT2D eigenvalue weighted by molar-refractivity contribution is 0.100. The van der Waals surface area contributed by atoms with Crippen molar-refractivity contribution in [2.75, 3.05) is 5.32 Å². The second-order valence-electron chi connectivity index (χ2n) is 4.08. The van der Waals surface area contributed by atoms with Crippen LogP contribution in [-0.2, 0) is 6.54 Å². The predicted molar refractivity (Wildman–Crippen MR) is 75.4 cm³/mol. The number of anilines is 1. The fraction of sp³-hybridized carbons (Fsp3) is 0.0714. The maximum Gasteiger partial charge on any atom is 0.250 e. The van der Waals surface area contributed by atoms with Crippen molar-refractivity contribution in [2.24, 2.45) is 5.73 Å². The molecule has 0 aliphatic carbocycles. The van der Waals surface area contributed by atoms with E-state index in [1.165, 1.54) is 0 Å². The Morgan fingerprint density at radius 1 is 1.26 bits per heavy atom. The van der Waals surface area contributed by atoms with Crippen molar-refractivity contribution < 1.29 is 9.90 Å². The Morgan fingerprint density at radius 3 is 2.68 bits per heavy atom. The summed E-state index contributed by atoms with van der Waals surface area (Å²) in [6.45, 7) is 0.542. The lowest BCUT2D eigenvalue weighted by Crippen LogP contribution is -2.11. The number of nitrogens with one attached hydrogen (secondary N) is 1. The third-order valence-electron chi connectivity index (χ3n) is 2.64. The minimum atomic E-state index is -0.551. The number of hydrogen-bond acceptors (Lipinski definition) is 3. The van der Waals surface area contributed by atoms with Crippen LogP contribution in [0.5, 0.6) is 5.75 Å². The number of amides is 1. The first-order chi connectivity index (χ1) is 9.06. The molecule has 0 aromatic heterocycles. The van der Waals surface area contributed by atoms with E-state index in [9.17, 15) is 9.90 Å². The van der Waals surface area contributed by atoms with Gasteiger partial charge in [0.1, 0.15) is 5.75 Å². The smallest absolute Gasteiger partial charge is 0.250 e. The Morgan fingerprint density at radius 2 is 2.05 bits per heavy atom. The van der Waals surface area contributed by atoms with Gasteiger partial charge in [-0.2, -0.15) is 0 Å². The molecular formula is C14H13ClN2O2. The zero-order chi connectivity index (χ0) is 13.8. The standard InChI is InChI=1S/C14H13ClN2O2/c15-13-7-10(4-5-12(13)14(16)19)17-8-9-2-1-3-11(18)6-9/h1-7,17-18H,8H2,(H2,16,19). The Kier molecular flexibility index (Phi) is 3.92. The number of halogens is 1. The molecule has 4 nitrogen and oxygen atoms in total. The number of nitrogens with two attached hydrogens (primary N) is 1. The first-order valence-electron chi connectivity index (χ1n) is 5.67. The van der Waals surface area contributed by atoms with Crippen LogP contribution in [0.15, 0.2) is 42.5 Å². The summed E-state index contributed by atoms with van der Waals surface area (Å²) in [6, 6.07) is 11.9. The zero-order valence-corrected chi connectivity index (χ0v) is 10.8. The largest absolute Gasteiger partial charge is 0.508 e. The highest BCUT2D eigenvalue weighted by atomic mass is 35.5. The van der Waals surface area contributed by atoms with Crippen LogP contribution in [0.4, 0.5) is 5.69 Å². The van der Waals surface area contributed by atoms with Crippen molar-refractivity contribution >= 4 is 23.2 Å². The number of hydrogen-bond donors (Lipinski definition) is 3. The first-order valence-corrected chi connectivity index (χ1v) is 6.05. The average Bonchev–Trinajstić information content (AvgIpc) is 2.36. The van der Waals surface area contributed by atoms with E-state index in [1.54, 1.807) is 36.4 Å². The third kappa shape index (κ3) is 3.39. The van der Waals surface area contributed by atoms with E-state index in [4.69, 9.17) is 17.3 Å². The van der Waals surface area contributed by atoms with Crippen LogP contribution in [0.1, 0.15) is 15.9 Å². The quantitative estimate of drug-likeness (QED) is 0.804. The number of carbonyl (C=O) groups excluding carboxylic acids is 1. The van der Waals surface area contributed by atoms with Crippen LogP contribution in [0, 0.1) is 0 Å². The molecule has 0 heterocycles. The van der Waals surface area contributed by atoms with Crippen molar-refractivity contribution in [1.82, 2.24) is 0 Å². The van der Waals surface area contributed by atoms with Gasteiger partial charge in [-0.1, -0.05) is 23.7 Å². The fourth-order valence-corrected chi connectivity index (χ4v) is 1.97. The Bertz CT molecular complexity index is 614. The van der Waals surface area contributed by atoms with Crippen LogP contribution < -0.4 is 11.1 Å². The highest BCUT2D eigenvalue weighted by molar-refractivity contribution is 6.34. The molecule has 19 heavy (non-hydrogen) atoms. The Balaban J connectivity index is 2.08. The average molecular weight is 277 g/mol. The number of primary amides is 1. The molecule has 4 N–H and O–H groups in total. The molecule has 0 aliphatic rings. The molecule has 0 unspecified atom stereocenters. The lowest BCUT2D eigenvalue weighted by Gasteiger charge is -2.08. The van der Waals surface area contributed by atoms with Crippen molar-refractivity contribution in [3.8, 4) is 5.75 Å². The fourth-order valence-electron chi connectivity index (χ4n) is 1.70. The molecule has 0 fully saturated rings. The molecule has 98 valence electrons. The van der Waals surface area contributed by atoms with Crippen LogP contribution in [0.3, 0.4) is 0 Å². The van der Waals surface area contributed by atoms with Gasteiger partial charge in [-0.3, -0.25) is 4.79 Å². The van der Waals surface area contributed by atoms with E-state index >= 15 is 0 Å². The van der Waals surface area contributed by atoms with Crippen LogP contribution >= 0.6 is 11.6 Å². The van der Waals surface area contributed by atoms with Gasteiger partial charge < -0.3 is 16.2 Å². The van der Waals surface area contributed by atoms with Gasteiger partial charge in [0, 0.05) is 12.2 Å². The molecule has 0 saturated carbocycles. The molecule has 2 rings (SSSR count). The summed E-state index contributed by atoms with van der Waals surface area (Å²) in [5.74, 6) is -0.328. The minimum Gasteiger partial charge on any atom is -0.508 e. The predicted octanol–water partition coefficient (Wildman–Crippen LogP) is 2.76. The maximum atomic E-state index is 11.0. The first kappa shape index (κ1) is 13.2. The van der Waals surface area contributed by atoms with Gasteiger partial charge in [0.25, 0.3) is 0 Å². The summed E-state index contributed by atoms with van der Waals surface area (Å²) in [5, 5.41) is 12.8. The molecule has 0 bridgehead atoms. The van der Waals surface area contributed by atoms with E-state index in [-0.39, 0.29) is 5.75 Å². The van der Waals surface area contributed by atoms with E-state index in [1.807, 2.05) is 6.07 Å². The number of phenolic OH excluding ortho intramolecular Hbond substituents is 1. The number of phenols is 1. The number of rotatable bonds is 4. The summed E-state index contributed by atoms with van der Waals surface area (Å²) < 4.78 is 0. The van der Waals surface area contributed by atoms with E-state index in [0.717, 1.165) is 11.3 Å². The SMILES string of the molecule is NC(=O)c1ccc(NCc2cccc(O)c2)cc1Cl. The second-order valence-corrected chi connectivity index (χ2v) is 4.49. The lowest BCUT2D eigenvalue weighted by atomic mass is 10.1. The number of aromatic hydroxyl groups is 1. The van der Waals surface area contributed by atoms with Crippen molar-refractivity contribution in [3.63, 3.8) is 0 Å². The summed E-state index contributed by atoms with van der Waals surface area (Å²) in [7, 11) is 0. The highest BCUT2D eigenvalue weighted by Crippen LogP contribution is 2.21. The van der Waals surface area contributed by atoms with Crippen LogP contribution in [-0.4, -0.2) is 11.0 Å². The second kappa shape index (κ2) is 5.63. The van der Waals surface area contributed by atoms with Crippen molar-refractivity contribution in [2.45, 2.75) is 6.54 Å². The molecule has 0 radical (unpaired) electrons. The summed E-state index contributed by atoms with van der Waals surface area (Å²) in [6.07, 6.45) is 0. The highest BCUT2D eigenvalue weighted by Gasteiger charge is 2.06. The van der Waals surface area contributed by atoms with E-state index in [2.05, 4.69) is 5.32 Å². The van der Waals surface area contributed by atoms with Gasteiger partial charge in [0.15, 0.2) is 0 Å². The van der Waals surface area contributed by atoms with Crippen LogP contribution in [0.25, 0.3) is 0 Å². The zero-order valence-electron chi connectivity index (χ0n) is 10.1. The third-order valence-corrected chi connectivity index (χ3v) is 2.95. The summed E-state index contributed by atoms with van der Waals surface area (Å²) >= 11 is 5.95. The minimum absolute atomic E-state index is 0.224. The molecule has 5 heteroatoms. The molecule has 0 atom stereocenters. The molecule has 0 saturated heterocycles. The van der Waals surface area contributed by atoms with Gasteiger partial charge >= 0.3 is 0 Å². The van der Waals surface area contributed by atoms with Gasteiger partial charge in [-0.15, -0.1) is 0 Å². The molecule has 1 amide bonds. The molecule has 2 aromatic rings. The molecular weight excluding hydrogens is 264 g/mol. The van der Waals surface area contributed by atoms with Crippen LogP contribution in [0.2, 0.25) is 5.02 Å². The van der Waals surface area contributed by atoms with E-state index in [0.29, 0.717) is 17.1 Å². The van der Waals surface area contributed by atoms with E-state index < -0.39 is 5.91 Å². The van der Waals surface area contributed by atoms with Gasteiger partial charge in [0.2, 0.25) is 5.91 Å².